The van der Waals surface area contributed by atoms with Crippen molar-refractivity contribution in [2.75, 3.05) is 20.1 Å². The molecule has 5 heteroatoms. The van der Waals surface area contributed by atoms with Crippen molar-refractivity contribution in [3.63, 3.8) is 0 Å². The summed E-state index contributed by atoms with van der Waals surface area (Å²) in [7, 11) is 2.16. The fourth-order valence-electron chi connectivity index (χ4n) is 4.57. The Morgan fingerprint density at radius 1 is 1.29 bits per heavy atom. The van der Waals surface area contributed by atoms with Crippen LogP contribution in [0, 0.1) is 12.8 Å². The number of hydrogen-bond donors (Lipinski definition) is 2. The summed E-state index contributed by atoms with van der Waals surface area (Å²) in [6, 6.07) is 11.6. The van der Waals surface area contributed by atoms with E-state index in [1.54, 1.807) is 12.1 Å². The number of carbonyl (C=O) groups is 1. The number of carboxylic acids is 1. The molecule has 0 saturated carbocycles. The molecule has 0 radical (unpaired) electrons. The number of hydrogen-bond acceptors (Lipinski definition) is 2. The first-order valence-electron chi connectivity index (χ1n) is 9.71. The lowest BCUT2D eigenvalue weighted by molar-refractivity contribution is 0.0697. The molecule has 3 aromatic rings. The fraction of sp³-hybridized carbons (Fsp3) is 0.348. The van der Waals surface area contributed by atoms with Crippen LogP contribution in [0.5, 0.6) is 0 Å². The second-order valence-electron chi connectivity index (χ2n) is 7.97. The Kier molecular flexibility index (Phi) is 5.17. The second-order valence-corrected chi connectivity index (χ2v) is 8.38. The van der Waals surface area contributed by atoms with Gasteiger partial charge in [-0.1, -0.05) is 23.7 Å². The number of aryl methyl sites for hydroxylation is 1. The third kappa shape index (κ3) is 3.54. The summed E-state index contributed by atoms with van der Waals surface area (Å²) in [6.07, 6.45) is 4.07. The van der Waals surface area contributed by atoms with Gasteiger partial charge in [0.1, 0.15) is 0 Å². The maximum atomic E-state index is 11.2. The van der Waals surface area contributed by atoms with Gasteiger partial charge in [-0.25, -0.2) is 4.79 Å². The van der Waals surface area contributed by atoms with Gasteiger partial charge in [-0.2, -0.15) is 0 Å². The van der Waals surface area contributed by atoms with Crippen LogP contribution >= 0.6 is 11.6 Å². The highest BCUT2D eigenvalue weighted by Gasteiger charge is 2.30. The second kappa shape index (κ2) is 7.61. The van der Waals surface area contributed by atoms with Crippen LogP contribution in [0.15, 0.2) is 42.6 Å². The molecule has 4 nitrogen and oxygen atoms in total. The molecule has 1 saturated heterocycles. The van der Waals surface area contributed by atoms with Gasteiger partial charge in [0.25, 0.3) is 0 Å². The standard InChI is InChI=1S/C23H25ClN2O2/c1-14-11-21(24)22-18(7-9-25-22)19(14)12-17-8-10-26(2)13-20(17)15-3-5-16(6-4-15)23(27)28/h3-7,9,11,17,20,25H,8,10,12-13H2,1-2H3,(H,27,28)/t17-,20-/m0/s1. The number of halogens is 1. The third-order valence-electron chi connectivity index (χ3n) is 6.14. The van der Waals surface area contributed by atoms with E-state index in [9.17, 15) is 9.90 Å². The Morgan fingerprint density at radius 2 is 2.04 bits per heavy atom. The minimum atomic E-state index is -0.879. The van der Waals surface area contributed by atoms with Crippen molar-refractivity contribution in [2.45, 2.75) is 25.7 Å². The number of carboxylic acid groups (broad SMARTS) is 1. The number of aromatic nitrogens is 1. The van der Waals surface area contributed by atoms with Crippen molar-refractivity contribution in [1.29, 1.82) is 0 Å². The lowest BCUT2D eigenvalue weighted by Crippen LogP contribution is -2.37. The minimum Gasteiger partial charge on any atom is -0.478 e. The van der Waals surface area contributed by atoms with E-state index in [4.69, 9.17) is 11.6 Å². The van der Waals surface area contributed by atoms with Crippen LogP contribution in [0.4, 0.5) is 0 Å². The van der Waals surface area contributed by atoms with Crippen LogP contribution < -0.4 is 0 Å². The van der Waals surface area contributed by atoms with Crippen molar-refractivity contribution in [3.05, 3.63) is 69.9 Å². The molecular formula is C23H25ClN2O2. The molecule has 1 aliphatic rings. The van der Waals surface area contributed by atoms with Gasteiger partial charge in [-0.15, -0.1) is 0 Å². The van der Waals surface area contributed by atoms with Crippen LogP contribution in [-0.2, 0) is 6.42 Å². The Balaban J connectivity index is 1.67. The zero-order valence-electron chi connectivity index (χ0n) is 16.2. The number of H-pyrrole nitrogens is 1. The quantitative estimate of drug-likeness (QED) is 0.644. The van der Waals surface area contributed by atoms with Gasteiger partial charge in [0.2, 0.25) is 0 Å². The highest BCUT2D eigenvalue weighted by Crippen LogP contribution is 2.38. The third-order valence-corrected chi connectivity index (χ3v) is 6.44. The lowest BCUT2D eigenvalue weighted by Gasteiger charge is -2.37. The number of rotatable bonds is 4. The van der Waals surface area contributed by atoms with E-state index in [0.717, 1.165) is 36.5 Å². The molecule has 0 spiro atoms. The summed E-state index contributed by atoms with van der Waals surface area (Å²) in [4.78, 5) is 16.8. The van der Waals surface area contributed by atoms with Crippen LogP contribution in [0.25, 0.3) is 10.9 Å². The Labute approximate surface area is 170 Å². The number of piperidine rings is 1. The summed E-state index contributed by atoms with van der Waals surface area (Å²) in [5.74, 6) is 0.00557. The monoisotopic (exact) mass is 396 g/mol. The molecule has 2 atom stereocenters. The first kappa shape index (κ1) is 19.0. The molecule has 2 N–H and O–H groups in total. The summed E-state index contributed by atoms with van der Waals surface area (Å²) >= 11 is 6.42. The van der Waals surface area contributed by atoms with Crippen molar-refractivity contribution in [1.82, 2.24) is 9.88 Å². The van der Waals surface area contributed by atoms with Gasteiger partial charge in [0, 0.05) is 18.1 Å². The zero-order valence-corrected chi connectivity index (χ0v) is 17.0. The molecule has 1 aliphatic heterocycles. The molecule has 0 bridgehead atoms. The first-order valence-corrected chi connectivity index (χ1v) is 10.1. The molecular weight excluding hydrogens is 372 g/mol. The van der Waals surface area contributed by atoms with Crippen LogP contribution in [0.1, 0.15) is 39.4 Å². The van der Waals surface area contributed by atoms with E-state index in [0.29, 0.717) is 17.4 Å². The Morgan fingerprint density at radius 3 is 2.75 bits per heavy atom. The predicted octanol–water partition coefficient (Wildman–Crippen LogP) is 5.11. The number of likely N-dealkylation sites (tertiary alicyclic amines) is 1. The number of nitrogens with one attached hydrogen (secondary N) is 1. The van der Waals surface area contributed by atoms with E-state index in [1.165, 1.54) is 22.1 Å². The average Bonchev–Trinajstić information content (AvgIpc) is 3.16. The SMILES string of the molecule is Cc1cc(Cl)c2[nH]ccc2c1C[C@@H]1CCN(C)C[C@H]1c1ccc(C(=O)O)cc1. The summed E-state index contributed by atoms with van der Waals surface area (Å²) in [5, 5.41) is 11.2. The van der Waals surface area contributed by atoms with Crippen LogP contribution in [0.3, 0.4) is 0 Å². The number of aromatic carboxylic acids is 1. The van der Waals surface area contributed by atoms with Gasteiger partial charge in [0.15, 0.2) is 0 Å². The number of nitrogens with zero attached hydrogens (tertiary/aromatic N) is 1. The Bertz CT molecular complexity index is 1010. The highest BCUT2D eigenvalue weighted by molar-refractivity contribution is 6.35. The molecule has 1 fully saturated rings. The van der Waals surface area contributed by atoms with Crippen molar-refractivity contribution in [2.24, 2.45) is 5.92 Å². The molecule has 1 aromatic heterocycles. The number of likely N-dealkylation sites (N-methyl/N-ethyl adjacent to an activating group) is 1. The topological polar surface area (TPSA) is 56.3 Å². The lowest BCUT2D eigenvalue weighted by atomic mass is 9.76. The maximum absolute atomic E-state index is 11.2. The fourth-order valence-corrected chi connectivity index (χ4v) is 4.89. The molecule has 2 aromatic carbocycles. The van der Waals surface area contributed by atoms with E-state index in [1.807, 2.05) is 18.3 Å². The molecule has 0 unspecified atom stereocenters. The average molecular weight is 397 g/mol. The maximum Gasteiger partial charge on any atom is 0.335 e. The molecule has 28 heavy (non-hydrogen) atoms. The van der Waals surface area contributed by atoms with Gasteiger partial charge in [0.05, 0.1) is 16.1 Å². The van der Waals surface area contributed by atoms with Gasteiger partial charge >= 0.3 is 5.97 Å². The van der Waals surface area contributed by atoms with Gasteiger partial charge in [-0.05, 0) is 86.1 Å². The molecule has 2 heterocycles. The van der Waals surface area contributed by atoms with Crippen molar-refractivity contribution >= 4 is 28.5 Å². The number of fused-ring (bicyclic) bond motifs is 1. The van der Waals surface area contributed by atoms with Crippen LogP contribution in [-0.4, -0.2) is 41.1 Å². The molecule has 4 rings (SSSR count). The van der Waals surface area contributed by atoms with Gasteiger partial charge < -0.3 is 15.0 Å². The summed E-state index contributed by atoms with van der Waals surface area (Å²) < 4.78 is 0. The first-order chi connectivity index (χ1) is 13.4. The summed E-state index contributed by atoms with van der Waals surface area (Å²) in [5.41, 5.74) is 5.17. The van der Waals surface area contributed by atoms with E-state index < -0.39 is 5.97 Å². The van der Waals surface area contributed by atoms with E-state index >= 15 is 0 Å². The van der Waals surface area contributed by atoms with Crippen molar-refractivity contribution < 1.29 is 9.90 Å². The smallest absolute Gasteiger partial charge is 0.335 e. The molecule has 0 amide bonds. The number of benzene rings is 2. The number of aromatic amines is 1. The van der Waals surface area contributed by atoms with Crippen LogP contribution in [0.2, 0.25) is 5.02 Å². The largest absolute Gasteiger partial charge is 0.478 e. The summed E-state index contributed by atoms with van der Waals surface area (Å²) in [6.45, 7) is 4.20. The predicted molar refractivity (Wildman–Crippen MR) is 113 cm³/mol. The normalized spacial score (nSPS) is 20.5. The van der Waals surface area contributed by atoms with Gasteiger partial charge in [-0.3, -0.25) is 0 Å². The molecule has 0 aliphatic carbocycles. The highest BCUT2D eigenvalue weighted by atomic mass is 35.5. The van der Waals surface area contributed by atoms with Crippen molar-refractivity contribution in [3.8, 4) is 0 Å². The van der Waals surface area contributed by atoms with E-state index in [2.05, 4.69) is 36.0 Å². The van der Waals surface area contributed by atoms with E-state index in [-0.39, 0.29) is 0 Å². The molecule has 146 valence electrons. The minimum absolute atomic E-state index is 0.340. The zero-order chi connectivity index (χ0) is 19.8. The Hall–Kier alpha value is -2.30.